The van der Waals surface area contributed by atoms with Gasteiger partial charge in [-0.1, -0.05) is 12.8 Å². The van der Waals surface area contributed by atoms with E-state index in [-0.39, 0.29) is 0 Å². The Balaban J connectivity index is 1.83. The highest BCUT2D eigenvalue weighted by atomic mass is 15.2. The van der Waals surface area contributed by atoms with Crippen LogP contribution in [0.15, 0.2) is 12.4 Å². The zero-order valence-electron chi connectivity index (χ0n) is 10.3. The molecule has 1 fully saturated rings. The number of H-pyrrole nitrogens is 1. The Hall–Kier alpha value is -0.870. The topological polar surface area (TPSA) is 44.0 Å². The fraction of sp³-hybridized carbons (Fsp3) is 0.750. The van der Waals surface area contributed by atoms with E-state index in [0.29, 0.717) is 5.54 Å². The lowest BCUT2D eigenvalue weighted by Gasteiger charge is -2.36. The number of likely N-dealkylation sites (N-methyl/N-ethyl adjacent to an activating group) is 1. The number of nitrogens with one attached hydrogen (secondary N) is 2. The summed E-state index contributed by atoms with van der Waals surface area (Å²) in [5.41, 5.74) is 0.368. The molecule has 1 saturated carbocycles. The van der Waals surface area contributed by atoms with Crippen molar-refractivity contribution >= 4 is 0 Å². The van der Waals surface area contributed by atoms with Crippen LogP contribution in [0.25, 0.3) is 0 Å². The lowest BCUT2D eigenvalue weighted by atomic mass is 9.96. The SMILES string of the molecule is CN(C)C1(CNCc2ncc[nH]2)CCCC1. The molecule has 0 amide bonds. The van der Waals surface area contributed by atoms with E-state index in [1.807, 2.05) is 6.20 Å². The average molecular weight is 222 g/mol. The molecule has 1 aromatic rings. The van der Waals surface area contributed by atoms with E-state index < -0.39 is 0 Å². The quantitative estimate of drug-likeness (QED) is 0.791. The Morgan fingerprint density at radius 1 is 1.44 bits per heavy atom. The second-order valence-electron chi connectivity index (χ2n) is 4.97. The summed E-state index contributed by atoms with van der Waals surface area (Å²) in [5, 5.41) is 3.52. The molecule has 1 aromatic heterocycles. The van der Waals surface area contributed by atoms with Gasteiger partial charge in [-0.25, -0.2) is 4.98 Å². The van der Waals surface area contributed by atoms with Gasteiger partial charge in [-0.2, -0.15) is 0 Å². The van der Waals surface area contributed by atoms with Gasteiger partial charge in [0.05, 0.1) is 6.54 Å². The van der Waals surface area contributed by atoms with Crippen LogP contribution >= 0.6 is 0 Å². The summed E-state index contributed by atoms with van der Waals surface area (Å²) < 4.78 is 0. The van der Waals surface area contributed by atoms with Crippen LogP contribution in [-0.4, -0.2) is 41.0 Å². The van der Waals surface area contributed by atoms with Crippen LogP contribution in [0.4, 0.5) is 0 Å². The Kier molecular flexibility index (Phi) is 3.61. The third kappa shape index (κ3) is 2.44. The molecule has 0 radical (unpaired) electrons. The normalized spacial score (nSPS) is 19.4. The summed E-state index contributed by atoms with van der Waals surface area (Å²) in [6.07, 6.45) is 9.01. The number of hydrogen-bond donors (Lipinski definition) is 2. The van der Waals surface area contributed by atoms with Crippen LogP contribution in [0.2, 0.25) is 0 Å². The molecule has 4 heteroatoms. The lowest BCUT2D eigenvalue weighted by molar-refractivity contribution is 0.153. The zero-order chi connectivity index (χ0) is 11.4. The summed E-state index contributed by atoms with van der Waals surface area (Å²) in [6, 6.07) is 0. The van der Waals surface area contributed by atoms with Gasteiger partial charge in [0.15, 0.2) is 0 Å². The molecule has 0 spiro atoms. The van der Waals surface area contributed by atoms with Crippen LogP contribution in [0.3, 0.4) is 0 Å². The van der Waals surface area contributed by atoms with Gasteiger partial charge >= 0.3 is 0 Å². The van der Waals surface area contributed by atoms with E-state index in [1.165, 1.54) is 25.7 Å². The summed E-state index contributed by atoms with van der Waals surface area (Å²) in [4.78, 5) is 9.72. The maximum atomic E-state index is 4.22. The maximum absolute atomic E-state index is 4.22. The van der Waals surface area contributed by atoms with Crippen molar-refractivity contribution in [2.75, 3.05) is 20.6 Å². The van der Waals surface area contributed by atoms with Crippen molar-refractivity contribution < 1.29 is 0 Å². The second kappa shape index (κ2) is 4.97. The summed E-state index contributed by atoms with van der Waals surface area (Å²) >= 11 is 0. The predicted octanol–water partition coefficient (Wildman–Crippen LogP) is 1.37. The van der Waals surface area contributed by atoms with Gasteiger partial charge in [-0.15, -0.1) is 0 Å². The predicted molar refractivity (Wildman–Crippen MR) is 65.2 cm³/mol. The molecule has 16 heavy (non-hydrogen) atoms. The lowest BCUT2D eigenvalue weighted by Crippen LogP contribution is -2.49. The highest BCUT2D eigenvalue weighted by molar-refractivity contribution is 4.95. The van der Waals surface area contributed by atoms with E-state index in [0.717, 1.165) is 18.9 Å². The van der Waals surface area contributed by atoms with E-state index in [1.54, 1.807) is 6.20 Å². The Morgan fingerprint density at radius 3 is 2.75 bits per heavy atom. The molecule has 90 valence electrons. The molecule has 0 aromatic carbocycles. The minimum atomic E-state index is 0.368. The molecule has 0 atom stereocenters. The molecule has 2 rings (SSSR count). The van der Waals surface area contributed by atoms with Crippen molar-refractivity contribution in [1.29, 1.82) is 0 Å². The highest BCUT2D eigenvalue weighted by Crippen LogP contribution is 2.33. The van der Waals surface area contributed by atoms with Crippen LogP contribution < -0.4 is 5.32 Å². The Morgan fingerprint density at radius 2 is 2.19 bits per heavy atom. The molecule has 0 saturated heterocycles. The van der Waals surface area contributed by atoms with Gasteiger partial charge in [0.25, 0.3) is 0 Å². The largest absolute Gasteiger partial charge is 0.348 e. The first-order chi connectivity index (χ1) is 7.73. The summed E-state index contributed by atoms with van der Waals surface area (Å²) in [6.45, 7) is 1.89. The van der Waals surface area contributed by atoms with E-state index >= 15 is 0 Å². The first-order valence-corrected chi connectivity index (χ1v) is 6.09. The molecule has 0 aliphatic heterocycles. The smallest absolute Gasteiger partial charge is 0.120 e. The fourth-order valence-corrected chi connectivity index (χ4v) is 2.62. The second-order valence-corrected chi connectivity index (χ2v) is 4.97. The van der Waals surface area contributed by atoms with Crippen LogP contribution in [0, 0.1) is 0 Å². The monoisotopic (exact) mass is 222 g/mol. The third-order valence-electron chi connectivity index (χ3n) is 3.78. The molecule has 2 N–H and O–H groups in total. The van der Waals surface area contributed by atoms with Crippen molar-refractivity contribution in [3.8, 4) is 0 Å². The molecule has 0 bridgehead atoms. The highest BCUT2D eigenvalue weighted by Gasteiger charge is 2.35. The van der Waals surface area contributed by atoms with E-state index in [4.69, 9.17) is 0 Å². The fourth-order valence-electron chi connectivity index (χ4n) is 2.62. The van der Waals surface area contributed by atoms with Crippen molar-refractivity contribution in [1.82, 2.24) is 20.2 Å². The molecular formula is C12H22N4. The Labute approximate surface area is 97.4 Å². The van der Waals surface area contributed by atoms with E-state index in [2.05, 4.69) is 34.3 Å². The number of aromatic nitrogens is 2. The van der Waals surface area contributed by atoms with Crippen LogP contribution in [-0.2, 0) is 6.54 Å². The van der Waals surface area contributed by atoms with Gasteiger partial charge < -0.3 is 15.2 Å². The number of nitrogens with zero attached hydrogens (tertiary/aromatic N) is 2. The molecule has 1 heterocycles. The third-order valence-corrected chi connectivity index (χ3v) is 3.78. The van der Waals surface area contributed by atoms with E-state index in [9.17, 15) is 0 Å². The van der Waals surface area contributed by atoms with Gasteiger partial charge in [-0.3, -0.25) is 0 Å². The number of imidazole rings is 1. The van der Waals surface area contributed by atoms with Gasteiger partial charge in [0.2, 0.25) is 0 Å². The van der Waals surface area contributed by atoms with Crippen molar-refractivity contribution in [2.45, 2.75) is 37.8 Å². The van der Waals surface area contributed by atoms with Gasteiger partial charge in [0, 0.05) is 24.5 Å². The molecular weight excluding hydrogens is 200 g/mol. The summed E-state index contributed by atoms with van der Waals surface area (Å²) in [7, 11) is 4.39. The van der Waals surface area contributed by atoms with Gasteiger partial charge in [-0.05, 0) is 26.9 Å². The number of hydrogen-bond acceptors (Lipinski definition) is 3. The molecule has 1 aliphatic rings. The minimum Gasteiger partial charge on any atom is -0.348 e. The minimum absolute atomic E-state index is 0.368. The van der Waals surface area contributed by atoms with Crippen molar-refractivity contribution in [3.05, 3.63) is 18.2 Å². The number of aromatic amines is 1. The maximum Gasteiger partial charge on any atom is 0.120 e. The first kappa shape index (κ1) is 11.6. The summed E-state index contributed by atoms with van der Waals surface area (Å²) in [5.74, 6) is 1.02. The number of rotatable bonds is 5. The van der Waals surface area contributed by atoms with Crippen LogP contribution in [0.5, 0.6) is 0 Å². The first-order valence-electron chi connectivity index (χ1n) is 6.09. The Bertz CT molecular complexity index is 299. The van der Waals surface area contributed by atoms with Gasteiger partial charge in [0.1, 0.15) is 5.82 Å². The average Bonchev–Trinajstić information content (AvgIpc) is 2.88. The molecule has 0 unspecified atom stereocenters. The van der Waals surface area contributed by atoms with Crippen LogP contribution in [0.1, 0.15) is 31.5 Å². The molecule has 4 nitrogen and oxygen atoms in total. The standard InChI is InChI=1S/C12H22N4/c1-16(2)12(5-3-4-6-12)10-13-9-11-14-7-8-15-11/h7-8,13H,3-6,9-10H2,1-2H3,(H,14,15). The molecule has 1 aliphatic carbocycles. The van der Waals surface area contributed by atoms with Crippen molar-refractivity contribution in [3.63, 3.8) is 0 Å². The zero-order valence-corrected chi connectivity index (χ0v) is 10.3. The van der Waals surface area contributed by atoms with Crippen molar-refractivity contribution in [2.24, 2.45) is 0 Å².